The van der Waals surface area contributed by atoms with Crippen molar-refractivity contribution in [1.82, 2.24) is 0 Å². The van der Waals surface area contributed by atoms with Gasteiger partial charge in [0, 0.05) is 22.3 Å². The fourth-order valence-corrected chi connectivity index (χ4v) is 1.84. The highest BCUT2D eigenvalue weighted by molar-refractivity contribution is 6.30. The van der Waals surface area contributed by atoms with Crippen LogP contribution < -0.4 is 10.5 Å². The molecule has 2 aromatic carbocycles. The number of nitrogens with two attached hydrogens (primary N) is 1. The minimum Gasteiger partial charge on any atom is -0.488 e. The van der Waals surface area contributed by atoms with E-state index >= 15 is 0 Å². The van der Waals surface area contributed by atoms with Crippen LogP contribution >= 0.6 is 11.6 Å². The third kappa shape index (κ3) is 3.19. The minimum atomic E-state index is -1.15. The molecule has 0 saturated carbocycles. The lowest BCUT2D eigenvalue weighted by Crippen LogP contribution is -2.05. The van der Waals surface area contributed by atoms with Crippen molar-refractivity contribution in [2.24, 2.45) is 0 Å². The number of hydrogen-bond donors (Lipinski definition) is 2. The van der Waals surface area contributed by atoms with E-state index in [0.29, 0.717) is 10.7 Å². The first kappa shape index (κ1) is 14.1. The number of carbonyl (C=O) groups is 1. The van der Waals surface area contributed by atoms with Crippen LogP contribution in [0, 0.1) is 5.82 Å². The van der Waals surface area contributed by atoms with Crippen LogP contribution in [0.25, 0.3) is 0 Å². The van der Waals surface area contributed by atoms with Gasteiger partial charge >= 0.3 is 5.97 Å². The van der Waals surface area contributed by atoms with Crippen LogP contribution in [0.2, 0.25) is 5.02 Å². The average Bonchev–Trinajstić information content (AvgIpc) is 2.39. The fourth-order valence-electron chi connectivity index (χ4n) is 1.64. The van der Waals surface area contributed by atoms with Crippen molar-refractivity contribution in [1.29, 1.82) is 0 Å². The molecule has 0 fully saturated rings. The van der Waals surface area contributed by atoms with Crippen molar-refractivity contribution in [2.45, 2.75) is 6.61 Å². The molecule has 0 aliphatic rings. The van der Waals surface area contributed by atoms with Crippen LogP contribution in [0.5, 0.6) is 5.75 Å². The van der Waals surface area contributed by atoms with Gasteiger partial charge in [-0.2, -0.15) is 0 Å². The van der Waals surface area contributed by atoms with Gasteiger partial charge < -0.3 is 15.6 Å². The maximum absolute atomic E-state index is 13.5. The molecule has 104 valence electrons. The van der Waals surface area contributed by atoms with Gasteiger partial charge in [0.15, 0.2) is 0 Å². The van der Waals surface area contributed by atoms with Crippen LogP contribution in [-0.4, -0.2) is 11.1 Å². The molecule has 0 unspecified atom stereocenters. The molecule has 0 radical (unpaired) electrons. The molecular formula is C14H11ClFNO3. The summed E-state index contributed by atoms with van der Waals surface area (Å²) in [5.74, 6) is -1.54. The molecular weight excluding hydrogens is 285 g/mol. The highest BCUT2D eigenvalue weighted by Crippen LogP contribution is 2.24. The summed E-state index contributed by atoms with van der Waals surface area (Å²) in [4.78, 5) is 11.0. The molecule has 0 aromatic heterocycles. The summed E-state index contributed by atoms with van der Waals surface area (Å²) in [6.07, 6.45) is 0. The Kier molecular flexibility index (Phi) is 4.10. The number of benzene rings is 2. The van der Waals surface area contributed by atoms with E-state index in [1.807, 2.05) is 0 Å². The molecule has 0 aliphatic carbocycles. The van der Waals surface area contributed by atoms with E-state index < -0.39 is 11.8 Å². The van der Waals surface area contributed by atoms with Gasteiger partial charge in [-0.1, -0.05) is 11.6 Å². The van der Waals surface area contributed by atoms with Crippen molar-refractivity contribution in [3.05, 3.63) is 58.4 Å². The van der Waals surface area contributed by atoms with Gasteiger partial charge in [0.25, 0.3) is 0 Å². The molecule has 0 aliphatic heterocycles. The van der Waals surface area contributed by atoms with Gasteiger partial charge in [-0.25, -0.2) is 9.18 Å². The summed E-state index contributed by atoms with van der Waals surface area (Å²) < 4.78 is 18.9. The second-order valence-electron chi connectivity index (χ2n) is 4.09. The number of carboxylic acid groups (broad SMARTS) is 1. The van der Waals surface area contributed by atoms with Crippen molar-refractivity contribution >= 4 is 23.3 Å². The van der Waals surface area contributed by atoms with Crippen LogP contribution in [0.3, 0.4) is 0 Å². The predicted octanol–water partition coefficient (Wildman–Crippen LogP) is 3.34. The van der Waals surface area contributed by atoms with Crippen molar-refractivity contribution in [2.75, 3.05) is 5.73 Å². The zero-order valence-corrected chi connectivity index (χ0v) is 11.0. The Morgan fingerprint density at radius 3 is 2.75 bits per heavy atom. The molecule has 4 nitrogen and oxygen atoms in total. The first-order chi connectivity index (χ1) is 9.47. The Morgan fingerprint density at radius 2 is 2.05 bits per heavy atom. The molecule has 6 heteroatoms. The summed E-state index contributed by atoms with van der Waals surface area (Å²) in [6, 6.07) is 8.23. The van der Waals surface area contributed by atoms with E-state index in [1.54, 1.807) is 0 Å². The number of halogens is 2. The first-order valence-electron chi connectivity index (χ1n) is 5.67. The molecule has 2 rings (SSSR count). The Hall–Kier alpha value is -2.27. The van der Waals surface area contributed by atoms with Gasteiger partial charge in [-0.3, -0.25) is 0 Å². The Balaban J connectivity index is 2.24. The molecule has 2 aromatic rings. The Labute approximate surface area is 119 Å². The van der Waals surface area contributed by atoms with E-state index in [9.17, 15) is 9.18 Å². The maximum Gasteiger partial charge on any atom is 0.339 e. The lowest BCUT2D eigenvalue weighted by Gasteiger charge is -2.10. The second-order valence-corrected chi connectivity index (χ2v) is 4.52. The van der Waals surface area contributed by atoms with Gasteiger partial charge in [0.05, 0.1) is 0 Å². The second kappa shape index (κ2) is 5.79. The molecule has 20 heavy (non-hydrogen) atoms. The van der Waals surface area contributed by atoms with E-state index in [1.165, 1.54) is 36.4 Å². The zero-order valence-electron chi connectivity index (χ0n) is 10.3. The van der Waals surface area contributed by atoms with Gasteiger partial charge in [-0.05, 0) is 30.3 Å². The number of hydrogen-bond acceptors (Lipinski definition) is 3. The minimum absolute atomic E-state index is 0.0402. The van der Waals surface area contributed by atoms with Crippen molar-refractivity contribution in [3.8, 4) is 5.75 Å². The fraction of sp³-hybridized carbons (Fsp3) is 0.0714. The van der Waals surface area contributed by atoms with Crippen LogP contribution in [-0.2, 0) is 6.61 Å². The lowest BCUT2D eigenvalue weighted by molar-refractivity contribution is 0.0692. The number of anilines is 1. The van der Waals surface area contributed by atoms with Crippen LogP contribution in [0.1, 0.15) is 15.9 Å². The molecule has 0 saturated heterocycles. The standard InChI is InChI=1S/C14H11ClFNO3/c15-9-1-4-12(16)8(5-9)7-20-13-6-10(17)2-3-11(13)14(18)19/h1-6H,7,17H2,(H,18,19). The molecule has 3 N–H and O–H groups in total. The summed E-state index contributed by atoms with van der Waals surface area (Å²) in [6.45, 7) is -0.143. The smallest absolute Gasteiger partial charge is 0.339 e. The number of ether oxygens (including phenoxy) is 1. The number of rotatable bonds is 4. The zero-order chi connectivity index (χ0) is 14.7. The quantitative estimate of drug-likeness (QED) is 0.849. The first-order valence-corrected chi connectivity index (χ1v) is 6.04. The predicted molar refractivity (Wildman–Crippen MR) is 73.6 cm³/mol. The summed E-state index contributed by atoms with van der Waals surface area (Å²) in [7, 11) is 0. The Morgan fingerprint density at radius 1 is 1.30 bits per heavy atom. The molecule has 0 atom stereocenters. The van der Waals surface area contributed by atoms with E-state index in [4.69, 9.17) is 27.2 Å². The third-order valence-corrected chi connectivity index (χ3v) is 2.86. The average molecular weight is 296 g/mol. The van der Waals surface area contributed by atoms with Crippen LogP contribution in [0.4, 0.5) is 10.1 Å². The Bertz CT molecular complexity index is 661. The normalized spacial score (nSPS) is 10.3. The highest BCUT2D eigenvalue weighted by Gasteiger charge is 2.12. The maximum atomic E-state index is 13.5. The van der Waals surface area contributed by atoms with Crippen molar-refractivity contribution in [3.63, 3.8) is 0 Å². The summed E-state index contributed by atoms with van der Waals surface area (Å²) in [5.41, 5.74) is 6.13. The number of carboxylic acids is 1. The summed E-state index contributed by atoms with van der Waals surface area (Å²) in [5, 5.41) is 9.41. The third-order valence-electron chi connectivity index (χ3n) is 2.63. The van der Waals surface area contributed by atoms with Crippen molar-refractivity contribution < 1.29 is 19.0 Å². The highest BCUT2D eigenvalue weighted by atomic mass is 35.5. The summed E-state index contributed by atoms with van der Waals surface area (Å²) >= 11 is 5.77. The molecule has 0 spiro atoms. The topological polar surface area (TPSA) is 72.6 Å². The van der Waals surface area contributed by atoms with Crippen LogP contribution in [0.15, 0.2) is 36.4 Å². The SMILES string of the molecule is Nc1ccc(C(=O)O)c(OCc2cc(Cl)ccc2F)c1. The van der Waals surface area contributed by atoms with E-state index in [-0.39, 0.29) is 23.5 Å². The molecule has 0 heterocycles. The van der Waals surface area contributed by atoms with Gasteiger partial charge in [0.1, 0.15) is 23.7 Å². The molecule has 0 bridgehead atoms. The van der Waals surface area contributed by atoms with Gasteiger partial charge in [-0.15, -0.1) is 0 Å². The number of nitrogen functional groups attached to an aromatic ring is 1. The van der Waals surface area contributed by atoms with Gasteiger partial charge in [0.2, 0.25) is 0 Å². The monoisotopic (exact) mass is 295 g/mol. The van der Waals surface area contributed by atoms with E-state index in [2.05, 4.69) is 0 Å². The molecule has 0 amide bonds. The van der Waals surface area contributed by atoms with E-state index in [0.717, 1.165) is 0 Å². The lowest BCUT2D eigenvalue weighted by atomic mass is 10.2. The largest absolute Gasteiger partial charge is 0.488 e. The number of aromatic carboxylic acids is 1.